The largest absolute Gasteiger partial charge is 0.350 e. The van der Waals surface area contributed by atoms with Crippen molar-refractivity contribution in [2.75, 3.05) is 7.05 Å². The predicted molar refractivity (Wildman–Crippen MR) is 105 cm³/mol. The Balaban J connectivity index is 1.88. The summed E-state index contributed by atoms with van der Waals surface area (Å²) in [4.78, 5) is 22.7. The molecule has 1 N–H and O–H groups in total. The number of H-pyrrole nitrogens is 1. The van der Waals surface area contributed by atoms with Crippen LogP contribution in [0.4, 0.5) is 0 Å². The van der Waals surface area contributed by atoms with E-state index in [-0.39, 0.29) is 5.91 Å². The minimum absolute atomic E-state index is 0.00449. The summed E-state index contributed by atoms with van der Waals surface area (Å²) >= 11 is 1.66. The van der Waals surface area contributed by atoms with Crippen LogP contribution in [0.25, 0.3) is 10.9 Å². The summed E-state index contributed by atoms with van der Waals surface area (Å²) in [5.41, 5.74) is 6.07. The molecule has 0 unspecified atom stereocenters. The Morgan fingerprint density at radius 3 is 2.64 bits per heavy atom. The number of aryl methyl sites for hydroxylation is 3. The minimum atomic E-state index is 0.00449. The number of nitrogens with one attached hydrogen (secondary N) is 1. The van der Waals surface area contributed by atoms with Gasteiger partial charge in [-0.2, -0.15) is 0 Å². The maximum absolute atomic E-state index is 12.9. The molecule has 0 atom stereocenters. The number of hydrogen-bond acceptors (Lipinski definition) is 3. The smallest absolute Gasteiger partial charge is 0.270 e. The van der Waals surface area contributed by atoms with Crippen molar-refractivity contribution in [3.63, 3.8) is 0 Å². The van der Waals surface area contributed by atoms with Crippen molar-refractivity contribution in [2.24, 2.45) is 0 Å². The van der Waals surface area contributed by atoms with E-state index in [2.05, 4.69) is 49.8 Å². The van der Waals surface area contributed by atoms with Crippen LogP contribution in [0.2, 0.25) is 0 Å². The molecule has 1 aromatic carbocycles. The van der Waals surface area contributed by atoms with Gasteiger partial charge in [-0.15, -0.1) is 11.3 Å². The molecular weight excluding hydrogens is 330 g/mol. The summed E-state index contributed by atoms with van der Waals surface area (Å²) in [6.45, 7) is 11.0. The lowest BCUT2D eigenvalue weighted by molar-refractivity contribution is 0.0778. The molecule has 4 nitrogen and oxygen atoms in total. The molecule has 0 fully saturated rings. The first-order valence-electron chi connectivity index (χ1n) is 8.57. The van der Waals surface area contributed by atoms with Crippen molar-refractivity contribution in [2.45, 2.75) is 47.1 Å². The summed E-state index contributed by atoms with van der Waals surface area (Å²) in [5.74, 6) is 0.423. The molecule has 132 valence electrons. The number of hydrogen-bond donors (Lipinski definition) is 1. The second kappa shape index (κ2) is 6.64. The molecule has 3 aromatic rings. The van der Waals surface area contributed by atoms with E-state index in [4.69, 9.17) is 0 Å². The number of nitrogens with zero attached hydrogens (tertiary/aromatic N) is 2. The zero-order valence-electron chi connectivity index (χ0n) is 15.7. The standard InChI is InChI=1S/C20H25N3OS/c1-11(2)19-21-15(10-25-19)9-23(6)20(24)18-14(5)16-8-12(3)7-13(4)17(16)22-18/h7-8,10-11,22H,9H2,1-6H3. The van der Waals surface area contributed by atoms with E-state index < -0.39 is 0 Å². The van der Waals surface area contributed by atoms with Gasteiger partial charge in [0.15, 0.2) is 0 Å². The Kier molecular flexibility index (Phi) is 4.69. The fourth-order valence-corrected chi connectivity index (χ4v) is 3.99. The third-order valence-corrected chi connectivity index (χ3v) is 5.73. The monoisotopic (exact) mass is 355 g/mol. The third-order valence-electron chi connectivity index (χ3n) is 4.53. The number of rotatable bonds is 4. The maximum atomic E-state index is 12.9. The minimum Gasteiger partial charge on any atom is -0.350 e. The fourth-order valence-electron chi connectivity index (χ4n) is 3.16. The summed E-state index contributed by atoms with van der Waals surface area (Å²) in [7, 11) is 1.83. The fraction of sp³-hybridized carbons (Fsp3) is 0.400. The zero-order chi connectivity index (χ0) is 18.3. The van der Waals surface area contributed by atoms with Gasteiger partial charge in [0, 0.05) is 29.2 Å². The first-order valence-corrected chi connectivity index (χ1v) is 9.45. The highest BCUT2D eigenvalue weighted by atomic mass is 32.1. The van der Waals surface area contributed by atoms with Crippen molar-refractivity contribution >= 4 is 28.1 Å². The highest BCUT2D eigenvalue weighted by Crippen LogP contribution is 2.27. The number of carbonyl (C=O) groups is 1. The number of aromatic amines is 1. The first kappa shape index (κ1) is 17.7. The lowest BCUT2D eigenvalue weighted by Gasteiger charge is -2.15. The van der Waals surface area contributed by atoms with Crippen molar-refractivity contribution in [1.82, 2.24) is 14.9 Å². The van der Waals surface area contributed by atoms with E-state index in [1.54, 1.807) is 16.2 Å². The molecule has 0 aliphatic rings. The molecule has 25 heavy (non-hydrogen) atoms. The molecule has 0 radical (unpaired) electrons. The summed E-state index contributed by atoms with van der Waals surface area (Å²) < 4.78 is 0. The van der Waals surface area contributed by atoms with Gasteiger partial charge in [-0.05, 0) is 38.0 Å². The molecule has 5 heteroatoms. The van der Waals surface area contributed by atoms with E-state index >= 15 is 0 Å². The van der Waals surface area contributed by atoms with E-state index in [0.29, 0.717) is 18.2 Å². The van der Waals surface area contributed by atoms with Gasteiger partial charge in [0.05, 0.1) is 17.2 Å². The maximum Gasteiger partial charge on any atom is 0.270 e. The average molecular weight is 356 g/mol. The highest BCUT2D eigenvalue weighted by Gasteiger charge is 2.20. The Bertz CT molecular complexity index is 936. The van der Waals surface area contributed by atoms with Crippen molar-refractivity contribution in [3.8, 4) is 0 Å². The van der Waals surface area contributed by atoms with Crippen LogP contribution >= 0.6 is 11.3 Å². The molecule has 3 rings (SSSR count). The lowest BCUT2D eigenvalue weighted by Crippen LogP contribution is -2.27. The lowest BCUT2D eigenvalue weighted by atomic mass is 10.1. The van der Waals surface area contributed by atoms with Gasteiger partial charge >= 0.3 is 0 Å². The Morgan fingerprint density at radius 1 is 1.28 bits per heavy atom. The van der Waals surface area contributed by atoms with E-state index in [1.807, 2.05) is 19.4 Å². The molecule has 0 spiro atoms. The number of amides is 1. The predicted octanol–water partition coefficient (Wildman–Crippen LogP) is 4.95. The zero-order valence-corrected chi connectivity index (χ0v) is 16.5. The highest BCUT2D eigenvalue weighted by molar-refractivity contribution is 7.09. The van der Waals surface area contributed by atoms with Gasteiger partial charge < -0.3 is 9.88 Å². The number of benzene rings is 1. The van der Waals surface area contributed by atoms with Crippen LogP contribution in [0.15, 0.2) is 17.5 Å². The number of thiazole rings is 1. The molecule has 0 saturated carbocycles. The van der Waals surface area contributed by atoms with Gasteiger partial charge in [0.1, 0.15) is 5.69 Å². The van der Waals surface area contributed by atoms with Gasteiger partial charge in [0.2, 0.25) is 0 Å². The second-order valence-corrected chi connectivity index (χ2v) is 8.01. The summed E-state index contributed by atoms with van der Waals surface area (Å²) in [6.07, 6.45) is 0. The van der Waals surface area contributed by atoms with E-state index in [9.17, 15) is 4.79 Å². The molecule has 0 aliphatic heterocycles. The number of aromatic nitrogens is 2. The summed E-state index contributed by atoms with van der Waals surface area (Å²) in [6, 6.07) is 4.28. The topological polar surface area (TPSA) is 49.0 Å². The van der Waals surface area contributed by atoms with Gasteiger partial charge in [-0.25, -0.2) is 4.98 Å². The van der Waals surface area contributed by atoms with Crippen LogP contribution < -0.4 is 0 Å². The molecule has 2 heterocycles. The van der Waals surface area contributed by atoms with Crippen LogP contribution in [-0.2, 0) is 6.54 Å². The molecule has 0 aliphatic carbocycles. The molecule has 1 amide bonds. The molecule has 2 aromatic heterocycles. The quantitative estimate of drug-likeness (QED) is 0.720. The number of fused-ring (bicyclic) bond motifs is 1. The van der Waals surface area contributed by atoms with E-state index in [1.165, 1.54) is 11.1 Å². The Morgan fingerprint density at radius 2 is 2.00 bits per heavy atom. The van der Waals surface area contributed by atoms with Crippen LogP contribution in [0.3, 0.4) is 0 Å². The molecular formula is C20H25N3OS. The van der Waals surface area contributed by atoms with Crippen LogP contribution in [0.1, 0.15) is 57.6 Å². The molecule has 0 saturated heterocycles. The Labute approximate surface area is 152 Å². The summed E-state index contributed by atoms with van der Waals surface area (Å²) in [5, 5.41) is 4.29. The third kappa shape index (κ3) is 3.33. The van der Waals surface area contributed by atoms with Crippen LogP contribution in [0, 0.1) is 20.8 Å². The van der Waals surface area contributed by atoms with Crippen molar-refractivity contribution in [3.05, 3.63) is 50.6 Å². The van der Waals surface area contributed by atoms with Gasteiger partial charge in [-0.1, -0.05) is 25.5 Å². The number of carbonyl (C=O) groups excluding carboxylic acids is 1. The Hall–Kier alpha value is -2.14. The van der Waals surface area contributed by atoms with Gasteiger partial charge in [0.25, 0.3) is 5.91 Å². The average Bonchev–Trinajstić information content (AvgIpc) is 3.13. The van der Waals surface area contributed by atoms with E-state index in [0.717, 1.165) is 27.2 Å². The first-order chi connectivity index (χ1) is 11.8. The SMILES string of the molecule is Cc1cc(C)c2[nH]c(C(=O)N(C)Cc3csc(C(C)C)n3)c(C)c2c1. The molecule has 0 bridgehead atoms. The van der Waals surface area contributed by atoms with Crippen LogP contribution in [0.5, 0.6) is 0 Å². The van der Waals surface area contributed by atoms with Crippen LogP contribution in [-0.4, -0.2) is 27.8 Å². The van der Waals surface area contributed by atoms with Crippen molar-refractivity contribution < 1.29 is 4.79 Å². The second-order valence-electron chi connectivity index (χ2n) is 7.12. The van der Waals surface area contributed by atoms with Crippen molar-refractivity contribution in [1.29, 1.82) is 0 Å². The van der Waals surface area contributed by atoms with Gasteiger partial charge in [-0.3, -0.25) is 4.79 Å². The normalized spacial score (nSPS) is 11.5.